The second kappa shape index (κ2) is 4.83. The van der Waals surface area contributed by atoms with Gasteiger partial charge in [-0.25, -0.2) is 4.39 Å². The number of methoxy groups -OCH3 is 1. The van der Waals surface area contributed by atoms with E-state index in [1.54, 1.807) is 25.3 Å². The van der Waals surface area contributed by atoms with E-state index in [1.807, 2.05) is 13.8 Å². The molecule has 1 N–H and O–H groups in total. The zero-order valence-electron chi connectivity index (χ0n) is 10.2. The summed E-state index contributed by atoms with van der Waals surface area (Å²) in [6.07, 6.45) is -1.01. The van der Waals surface area contributed by atoms with E-state index in [9.17, 15) is 9.50 Å². The van der Waals surface area contributed by atoms with E-state index in [-0.39, 0.29) is 6.61 Å². The molecule has 1 atom stereocenters. The third kappa shape index (κ3) is 2.53. The topological polar surface area (TPSA) is 29.5 Å². The van der Waals surface area contributed by atoms with Gasteiger partial charge in [0, 0.05) is 11.0 Å². The minimum absolute atomic E-state index is 0.00647. The third-order valence-corrected chi connectivity index (χ3v) is 2.81. The van der Waals surface area contributed by atoms with E-state index in [0.717, 1.165) is 5.56 Å². The van der Waals surface area contributed by atoms with E-state index >= 15 is 0 Å². The van der Waals surface area contributed by atoms with Crippen LogP contribution in [0.25, 0.3) is 0 Å². The smallest absolute Gasteiger partial charge is 0.122 e. The molecule has 0 saturated heterocycles. The Balaban J connectivity index is 3.27. The molecule has 0 saturated carbocycles. The van der Waals surface area contributed by atoms with Crippen molar-refractivity contribution in [2.24, 2.45) is 0 Å². The molecule has 0 spiro atoms. The van der Waals surface area contributed by atoms with Crippen LogP contribution >= 0.6 is 0 Å². The standard InChI is InChI=1S/C13H19FO2/c1-9(14)10-5-6-12(16-4)11(7-10)13(2,3)8-15/h5-7,9,15H,8H2,1-4H3. The Labute approximate surface area is 96.1 Å². The van der Waals surface area contributed by atoms with Crippen molar-refractivity contribution in [3.8, 4) is 5.75 Å². The van der Waals surface area contributed by atoms with Crippen LogP contribution in [0.2, 0.25) is 0 Å². The summed E-state index contributed by atoms with van der Waals surface area (Å²) < 4.78 is 18.5. The first-order chi connectivity index (χ1) is 7.42. The average molecular weight is 226 g/mol. The van der Waals surface area contributed by atoms with Crippen LogP contribution in [0.1, 0.15) is 38.1 Å². The first kappa shape index (κ1) is 13.0. The molecular weight excluding hydrogens is 207 g/mol. The van der Waals surface area contributed by atoms with Gasteiger partial charge < -0.3 is 9.84 Å². The van der Waals surface area contributed by atoms with Crippen molar-refractivity contribution in [1.82, 2.24) is 0 Å². The van der Waals surface area contributed by atoms with Crippen molar-refractivity contribution < 1.29 is 14.2 Å². The maximum Gasteiger partial charge on any atom is 0.122 e. The predicted octanol–water partition coefficient (Wildman–Crippen LogP) is 3.00. The molecule has 0 aliphatic carbocycles. The largest absolute Gasteiger partial charge is 0.496 e. The molecule has 16 heavy (non-hydrogen) atoms. The van der Waals surface area contributed by atoms with Gasteiger partial charge in [0.25, 0.3) is 0 Å². The number of hydrogen-bond acceptors (Lipinski definition) is 2. The molecule has 0 amide bonds. The van der Waals surface area contributed by atoms with Gasteiger partial charge in [0.2, 0.25) is 0 Å². The lowest BCUT2D eigenvalue weighted by atomic mass is 9.83. The fraction of sp³-hybridized carbons (Fsp3) is 0.538. The predicted molar refractivity (Wildman–Crippen MR) is 62.6 cm³/mol. The Morgan fingerprint density at radius 1 is 1.44 bits per heavy atom. The summed E-state index contributed by atoms with van der Waals surface area (Å²) in [6.45, 7) is 5.29. The summed E-state index contributed by atoms with van der Waals surface area (Å²) >= 11 is 0. The molecule has 0 aromatic heterocycles. The zero-order chi connectivity index (χ0) is 12.3. The quantitative estimate of drug-likeness (QED) is 0.855. The van der Waals surface area contributed by atoms with Crippen molar-refractivity contribution in [1.29, 1.82) is 0 Å². The molecule has 1 aromatic carbocycles. The van der Waals surface area contributed by atoms with Crippen LogP contribution in [-0.4, -0.2) is 18.8 Å². The monoisotopic (exact) mass is 226 g/mol. The van der Waals surface area contributed by atoms with Gasteiger partial charge in [0.05, 0.1) is 13.7 Å². The van der Waals surface area contributed by atoms with Gasteiger partial charge in [-0.05, 0) is 24.6 Å². The van der Waals surface area contributed by atoms with Crippen molar-refractivity contribution in [2.45, 2.75) is 32.4 Å². The number of benzene rings is 1. The van der Waals surface area contributed by atoms with Crippen LogP contribution in [0.4, 0.5) is 4.39 Å². The van der Waals surface area contributed by atoms with Gasteiger partial charge >= 0.3 is 0 Å². The highest BCUT2D eigenvalue weighted by molar-refractivity contribution is 5.42. The lowest BCUT2D eigenvalue weighted by molar-refractivity contribution is 0.214. The summed E-state index contributed by atoms with van der Waals surface area (Å²) in [7, 11) is 1.57. The van der Waals surface area contributed by atoms with Crippen LogP contribution in [0.3, 0.4) is 0 Å². The maximum atomic E-state index is 13.2. The van der Waals surface area contributed by atoms with Crippen molar-refractivity contribution in [3.63, 3.8) is 0 Å². The Morgan fingerprint density at radius 2 is 2.06 bits per heavy atom. The minimum Gasteiger partial charge on any atom is -0.496 e. The second-order valence-electron chi connectivity index (χ2n) is 4.62. The summed E-state index contributed by atoms with van der Waals surface area (Å²) in [5, 5.41) is 9.35. The number of hydrogen-bond donors (Lipinski definition) is 1. The Hall–Kier alpha value is -1.09. The number of aliphatic hydroxyl groups is 1. The fourth-order valence-electron chi connectivity index (χ4n) is 1.59. The Bertz CT molecular complexity index is 359. The molecule has 0 radical (unpaired) electrons. The first-order valence-electron chi connectivity index (χ1n) is 5.35. The molecule has 3 heteroatoms. The second-order valence-corrected chi connectivity index (χ2v) is 4.62. The number of aliphatic hydroxyl groups excluding tert-OH is 1. The van der Waals surface area contributed by atoms with E-state index in [2.05, 4.69) is 0 Å². The summed E-state index contributed by atoms with van der Waals surface area (Å²) in [4.78, 5) is 0. The molecule has 0 fully saturated rings. The number of rotatable bonds is 4. The lowest BCUT2D eigenvalue weighted by Crippen LogP contribution is -2.23. The van der Waals surface area contributed by atoms with Gasteiger partial charge in [-0.2, -0.15) is 0 Å². The first-order valence-corrected chi connectivity index (χ1v) is 5.35. The van der Waals surface area contributed by atoms with E-state index in [4.69, 9.17) is 4.74 Å². The molecule has 2 nitrogen and oxygen atoms in total. The molecular formula is C13H19FO2. The minimum atomic E-state index is -1.01. The van der Waals surface area contributed by atoms with Gasteiger partial charge in [-0.15, -0.1) is 0 Å². The molecule has 1 rings (SSSR count). The zero-order valence-corrected chi connectivity index (χ0v) is 10.2. The normalized spacial score (nSPS) is 13.6. The highest BCUT2D eigenvalue weighted by atomic mass is 19.1. The molecule has 0 heterocycles. The number of ether oxygens (including phenoxy) is 1. The number of alkyl halides is 1. The molecule has 1 unspecified atom stereocenters. The van der Waals surface area contributed by atoms with Crippen LogP contribution < -0.4 is 4.74 Å². The van der Waals surface area contributed by atoms with Crippen LogP contribution in [-0.2, 0) is 5.41 Å². The molecule has 1 aromatic rings. The van der Waals surface area contributed by atoms with Crippen LogP contribution in [0.15, 0.2) is 18.2 Å². The van der Waals surface area contributed by atoms with E-state index in [1.165, 1.54) is 6.92 Å². The average Bonchev–Trinajstić information content (AvgIpc) is 2.28. The SMILES string of the molecule is COc1ccc(C(C)F)cc1C(C)(C)CO. The van der Waals surface area contributed by atoms with Gasteiger partial charge in [-0.3, -0.25) is 0 Å². The fourth-order valence-corrected chi connectivity index (χ4v) is 1.59. The van der Waals surface area contributed by atoms with Gasteiger partial charge in [0.1, 0.15) is 11.9 Å². The highest BCUT2D eigenvalue weighted by Gasteiger charge is 2.24. The molecule has 0 aliphatic rings. The molecule has 0 aliphatic heterocycles. The molecule has 0 bridgehead atoms. The van der Waals surface area contributed by atoms with Crippen molar-refractivity contribution in [3.05, 3.63) is 29.3 Å². The Morgan fingerprint density at radius 3 is 2.50 bits per heavy atom. The summed E-state index contributed by atoms with van der Waals surface area (Å²) in [5.41, 5.74) is 1.01. The molecule has 90 valence electrons. The Kier molecular flexibility index (Phi) is 3.92. The van der Waals surface area contributed by atoms with E-state index in [0.29, 0.717) is 11.3 Å². The van der Waals surface area contributed by atoms with Crippen molar-refractivity contribution in [2.75, 3.05) is 13.7 Å². The lowest BCUT2D eigenvalue weighted by Gasteiger charge is -2.25. The van der Waals surface area contributed by atoms with Crippen LogP contribution in [0.5, 0.6) is 5.75 Å². The summed E-state index contributed by atoms with van der Waals surface area (Å²) in [6, 6.07) is 5.22. The van der Waals surface area contributed by atoms with E-state index < -0.39 is 11.6 Å². The number of halogens is 1. The van der Waals surface area contributed by atoms with Gasteiger partial charge in [-0.1, -0.05) is 19.9 Å². The van der Waals surface area contributed by atoms with Gasteiger partial charge in [0.15, 0.2) is 0 Å². The third-order valence-electron chi connectivity index (χ3n) is 2.81. The highest BCUT2D eigenvalue weighted by Crippen LogP contribution is 2.34. The summed E-state index contributed by atoms with van der Waals surface area (Å²) in [5.74, 6) is 0.684. The van der Waals surface area contributed by atoms with Crippen LogP contribution in [0, 0.1) is 0 Å². The van der Waals surface area contributed by atoms with Crippen molar-refractivity contribution >= 4 is 0 Å². The maximum absolute atomic E-state index is 13.2.